The van der Waals surface area contributed by atoms with Crippen molar-refractivity contribution in [2.24, 2.45) is 5.73 Å². The number of aromatic nitrogens is 2. The Morgan fingerprint density at radius 1 is 1.06 bits per heavy atom. The maximum absolute atomic E-state index is 13.1. The minimum Gasteiger partial charge on any atom is -0.479 e. The Labute approximate surface area is 209 Å². The molecule has 1 aromatic heterocycles. The zero-order valence-electron chi connectivity index (χ0n) is 20.1. The van der Waals surface area contributed by atoms with Crippen molar-refractivity contribution >= 4 is 33.5 Å². The molecule has 36 heavy (non-hydrogen) atoms. The largest absolute Gasteiger partial charge is 0.479 e. The molecule has 3 rings (SSSR count). The SMILES string of the molecule is Cc1cc(C)c(S(=O)(=O)NC(N)(CC(=O)c2ccc(CNc3ccnc(N)n3)cc2)C(=O)O)c(C)c1. The molecule has 0 saturated carbocycles. The van der Waals surface area contributed by atoms with Gasteiger partial charge in [0, 0.05) is 18.3 Å². The number of hydrogen-bond donors (Lipinski definition) is 5. The summed E-state index contributed by atoms with van der Waals surface area (Å²) in [6.07, 6.45) is 0.729. The first-order chi connectivity index (χ1) is 16.8. The van der Waals surface area contributed by atoms with E-state index in [1.54, 1.807) is 44.2 Å². The number of nitrogens with one attached hydrogen (secondary N) is 2. The van der Waals surface area contributed by atoms with Crippen molar-refractivity contribution in [3.63, 3.8) is 0 Å². The number of nitrogens with zero attached hydrogens (tertiary/aromatic N) is 2. The molecule has 1 unspecified atom stereocenters. The van der Waals surface area contributed by atoms with Gasteiger partial charge in [-0.15, -0.1) is 0 Å². The lowest BCUT2D eigenvalue weighted by Gasteiger charge is -2.26. The Balaban J connectivity index is 1.75. The highest BCUT2D eigenvalue weighted by Crippen LogP contribution is 2.24. The number of carboxylic acid groups (broad SMARTS) is 1. The number of nitrogen functional groups attached to an aromatic ring is 1. The lowest BCUT2D eigenvalue weighted by atomic mass is 9.99. The van der Waals surface area contributed by atoms with Crippen LogP contribution in [0.2, 0.25) is 0 Å². The first-order valence-corrected chi connectivity index (χ1v) is 12.4. The smallest absolute Gasteiger partial charge is 0.340 e. The van der Waals surface area contributed by atoms with Gasteiger partial charge in [0.25, 0.3) is 0 Å². The normalized spacial score (nSPS) is 13.1. The Morgan fingerprint density at radius 3 is 2.22 bits per heavy atom. The number of carbonyl (C=O) groups excluding carboxylic acids is 1. The molecule has 7 N–H and O–H groups in total. The number of nitrogens with two attached hydrogens (primary N) is 2. The maximum Gasteiger partial charge on any atom is 0.340 e. The molecule has 2 aromatic carbocycles. The Kier molecular flexibility index (Phi) is 7.72. The molecule has 1 atom stereocenters. The number of aryl methyl sites for hydroxylation is 3. The molecule has 0 spiro atoms. The van der Waals surface area contributed by atoms with Crippen LogP contribution in [-0.4, -0.2) is 40.9 Å². The molecular weight excluding hydrogens is 484 g/mol. The number of carboxylic acids is 1. The van der Waals surface area contributed by atoms with E-state index in [-0.39, 0.29) is 16.4 Å². The van der Waals surface area contributed by atoms with Crippen LogP contribution in [0, 0.1) is 20.8 Å². The molecule has 0 saturated heterocycles. The molecular formula is C24H28N6O5S. The van der Waals surface area contributed by atoms with Gasteiger partial charge in [-0.1, -0.05) is 42.0 Å². The lowest BCUT2D eigenvalue weighted by molar-refractivity contribution is -0.143. The number of benzene rings is 2. The Hall–Kier alpha value is -3.87. The topological polar surface area (TPSA) is 190 Å². The van der Waals surface area contributed by atoms with Crippen LogP contribution in [0.15, 0.2) is 53.6 Å². The van der Waals surface area contributed by atoms with Gasteiger partial charge in [0.1, 0.15) is 5.82 Å². The van der Waals surface area contributed by atoms with Gasteiger partial charge in [-0.2, -0.15) is 9.71 Å². The van der Waals surface area contributed by atoms with Crippen molar-refractivity contribution in [1.82, 2.24) is 14.7 Å². The number of ketones is 1. The molecule has 0 amide bonds. The van der Waals surface area contributed by atoms with Gasteiger partial charge >= 0.3 is 5.97 Å². The molecule has 0 fully saturated rings. The van der Waals surface area contributed by atoms with Crippen LogP contribution in [0.3, 0.4) is 0 Å². The molecule has 0 aliphatic rings. The quantitative estimate of drug-likeness (QED) is 0.198. The van der Waals surface area contributed by atoms with E-state index in [2.05, 4.69) is 15.3 Å². The summed E-state index contributed by atoms with van der Waals surface area (Å²) in [5.41, 5.74) is 11.7. The number of rotatable bonds is 10. The van der Waals surface area contributed by atoms with Crippen molar-refractivity contribution in [1.29, 1.82) is 0 Å². The van der Waals surface area contributed by atoms with Crippen molar-refractivity contribution in [2.75, 3.05) is 11.1 Å². The van der Waals surface area contributed by atoms with E-state index in [0.29, 0.717) is 23.5 Å². The predicted octanol–water partition coefficient (Wildman–Crippen LogP) is 1.89. The number of sulfonamides is 1. The van der Waals surface area contributed by atoms with Gasteiger partial charge in [0.15, 0.2) is 11.4 Å². The summed E-state index contributed by atoms with van der Waals surface area (Å²) in [7, 11) is -4.35. The second-order valence-electron chi connectivity index (χ2n) is 8.56. The fraction of sp³-hybridized carbons (Fsp3) is 0.250. The highest BCUT2D eigenvalue weighted by Gasteiger charge is 2.41. The van der Waals surface area contributed by atoms with E-state index >= 15 is 0 Å². The molecule has 0 aliphatic carbocycles. The fourth-order valence-electron chi connectivity index (χ4n) is 3.87. The molecule has 190 valence electrons. The van der Waals surface area contributed by atoms with Crippen molar-refractivity contribution in [2.45, 2.75) is 44.3 Å². The van der Waals surface area contributed by atoms with E-state index < -0.39 is 33.9 Å². The number of anilines is 2. The standard InChI is InChI=1S/C24H28N6O5S/c1-14-10-15(2)21(16(3)11-14)36(34,35)30-24(26,22(32)33)12-19(31)18-6-4-17(5-7-18)13-28-20-8-9-27-23(25)29-20/h4-11,30H,12-13,26H2,1-3H3,(H,32,33)(H3,25,27,28,29). The number of hydrogen-bond acceptors (Lipinski definition) is 9. The summed E-state index contributed by atoms with van der Waals surface area (Å²) < 4.78 is 28.2. The van der Waals surface area contributed by atoms with E-state index in [4.69, 9.17) is 11.5 Å². The summed E-state index contributed by atoms with van der Waals surface area (Å²) in [5.74, 6) is -1.65. The monoisotopic (exact) mass is 512 g/mol. The maximum atomic E-state index is 13.1. The van der Waals surface area contributed by atoms with E-state index in [1.807, 2.05) is 11.6 Å². The second-order valence-corrected chi connectivity index (χ2v) is 10.2. The Bertz CT molecular complexity index is 1390. The van der Waals surface area contributed by atoms with Crippen molar-refractivity contribution in [3.8, 4) is 0 Å². The van der Waals surface area contributed by atoms with Crippen LogP contribution in [0.4, 0.5) is 11.8 Å². The van der Waals surface area contributed by atoms with Crippen LogP contribution in [0.1, 0.15) is 39.0 Å². The van der Waals surface area contributed by atoms with Gasteiger partial charge in [-0.3, -0.25) is 4.79 Å². The van der Waals surface area contributed by atoms with Crippen LogP contribution in [0.25, 0.3) is 0 Å². The van der Waals surface area contributed by atoms with Crippen LogP contribution in [0.5, 0.6) is 0 Å². The Morgan fingerprint density at radius 2 is 1.67 bits per heavy atom. The molecule has 0 radical (unpaired) electrons. The van der Waals surface area contributed by atoms with Gasteiger partial charge in [-0.05, 0) is 43.5 Å². The first kappa shape index (κ1) is 26.7. The third-order valence-corrected chi connectivity index (χ3v) is 7.25. The van der Waals surface area contributed by atoms with E-state index in [0.717, 1.165) is 11.1 Å². The minimum atomic E-state index is -4.35. The summed E-state index contributed by atoms with van der Waals surface area (Å²) in [4.78, 5) is 32.6. The van der Waals surface area contributed by atoms with Crippen LogP contribution >= 0.6 is 0 Å². The molecule has 3 aromatic rings. The molecule has 12 heteroatoms. The highest BCUT2D eigenvalue weighted by molar-refractivity contribution is 7.89. The summed E-state index contributed by atoms with van der Waals surface area (Å²) in [6.45, 7) is 5.42. The zero-order chi connectivity index (χ0) is 26.7. The fourth-order valence-corrected chi connectivity index (χ4v) is 5.57. The van der Waals surface area contributed by atoms with Gasteiger partial charge in [0.2, 0.25) is 16.0 Å². The van der Waals surface area contributed by atoms with E-state index in [9.17, 15) is 23.1 Å². The summed E-state index contributed by atoms with van der Waals surface area (Å²) in [6, 6.07) is 11.4. The van der Waals surface area contributed by atoms with Gasteiger partial charge < -0.3 is 21.9 Å². The second kappa shape index (κ2) is 10.4. The van der Waals surface area contributed by atoms with Crippen molar-refractivity contribution < 1.29 is 23.1 Å². The third-order valence-electron chi connectivity index (χ3n) is 5.43. The van der Waals surface area contributed by atoms with E-state index in [1.165, 1.54) is 18.3 Å². The van der Waals surface area contributed by atoms with Gasteiger partial charge in [0.05, 0.1) is 11.3 Å². The average Bonchev–Trinajstić information content (AvgIpc) is 2.76. The molecule has 0 aliphatic heterocycles. The van der Waals surface area contributed by atoms with Crippen LogP contribution in [-0.2, 0) is 21.4 Å². The number of carbonyl (C=O) groups is 2. The average molecular weight is 513 g/mol. The molecule has 11 nitrogen and oxygen atoms in total. The highest BCUT2D eigenvalue weighted by atomic mass is 32.2. The number of Topliss-reactive ketones (excluding diaryl/α,β-unsaturated/α-hetero) is 1. The molecule has 1 heterocycles. The number of aliphatic carboxylic acids is 1. The predicted molar refractivity (Wildman–Crippen MR) is 135 cm³/mol. The third kappa shape index (κ3) is 6.22. The molecule has 0 bridgehead atoms. The lowest BCUT2D eigenvalue weighted by Crippen LogP contribution is -2.62. The van der Waals surface area contributed by atoms with Crippen molar-refractivity contribution in [3.05, 3.63) is 76.5 Å². The summed E-state index contributed by atoms with van der Waals surface area (Å²) in [5, 5.41) is 12.8. The summed E-state index contributed by atoms with van der Waals surface area (Å²) >= 11 is 0. The van der Waals surface area contributed by atoms with Crippen LogP contribution < -0.4 is 21.5 Å². The zero-order valence-corrected chi connectivity index (χ0v) is 20.9. The minimum absolute atomic E-state index is 0.0704. The van der Waals surface area contributed by atoms with Gasteiger partial charge in [-0.25, -0.2) is 18.2 Å². The first-order valence-electron chi connectivity index (χ1n) is 10.9.